The number of hydrogen-bond donors (Lipinski definition) is 0. The molecule has 6 heteroatoms. The smallest absolute Gasteiger partial charge is 0.349 e. The first-order valence-corrected chi connectivity index (χ1v) is 9.14. The summed E-state index contributed by atoms with van der Waals surface area (Å²) in [7, 11) is 1.59. The van der Waals surface area contributed by atoms with Gasteiger partial charge >= 0.3 is 5.97 Å². The van der Waals surface area contributed by atoms with Gasteiger partial charge in [0.15, 0.2) is 0 Å². The van der Waals surface area contributed by atoms with E-state index < -0.39 is 5.97 Å². The van der Waals surface area contributed by atoms with E-state index in [1.54, 1.807) is 31.8 Å². The average Bonchev–Trinajstić information content (AvgIpc) is 3.15. The van der Waals surface area contributed by atoms with Crippen LogP contribution in [0.25, 0.3) is 23.0 Å². The van der Waals surface area contributed by atoms with Crippen LogP contribution in [0.3, 0.4) is 0 Å². The van der Waals surface area contributed by atoms with Crippen LogP contribution in [0.15, 0.2) is 66.4 Å². The molecule has 146 valence electrons. The number of aromatic nitrogens is 2. The molecular weight excluding hydrogens is 366 g/mol. The number of esters is 1. The molecule has 0 radical (unpaired) electrons. The Hall–Kier alpha value is -3.85. The Morgan fingerprint density at radius 3 is 2.48 bits per heavy atom. The van der Waals surface area contributed by atoms with Crippen LogP contribution in [-0.4, -0.2) is 29.0 Å². The number of carbonyl (C=O) groups excluding carboxylic acids is 1. The molecule has 6 nitrogen and oxygen atoms in total. The SMILES string of the molecule is COc1ccccc1-c1nn(-c2ccccc2)cc1/C=C(\C#N)C(=O)OC(C)C. The average molecular weight is 387 g/mol. The van der Waals surface area contributed by atoms with Crippen LogP contribution in [-0.2, 0) is 9.53 Å². The molecule has 0 spiro atoms. The minimum Gasteiger partial charge on any atom is -0.496 e. The molecular formula is C23H21N3O3. The molecule has 2 aromatic carbocycles. The Bertz CT molecular complexity index is 1080. The molecule has 0 fully saturated rings. The van der Waals surface area contributed by atoms with E-state index in [4.69, 9.17) is 14.6 Å². The van der Waals surface area contributed by atoms with E-state index in [9.17, 15) is 10.1 Å². The number of nitrogens with zero attached hydrogens (tertiary/aromatic N) is 3. The number of ether oxygens (including phenoxy) is 2. The van der Waals surface area contributed by atoms with Gasteiger partial charge in [-0.3, -0.25) is 0 Å². The molecule has 0 atom stereocenters. The second kappa shape index (κ2) is 8.89. The van der Waals surface area contributed by atoms with E-state index in [-0.39, 0.29) is 11.7 Å². The first kappa shape index (κ1) is 19.9. The molecule has 0 N–H and O–H groups in total. The van der Waals surface area contributed by atoms with Crippen molar-refractivity contribution in [2.24, 2.45) is 0 Å². The van der Waals surface area contributed by atoms with Crippen LogP contribution in [0.4, 0.5) is 0 Å². The summed E-state index contributed by atoms with van der Waals surface area (Å²) in [5, 5.41) is 14.2. The van der Waals surface area contributed by atoms with Crippen LogP contribution in [0, 0.1) is 11.3 Å². The molecule has 3 aromatic rings. The summed E-state index contributed by atoms with van der Waals surface area (Å²) in [6.45, 7) is 3.47. The van der Waals surface area contributed by atoms with Gasteiger partial charge in [-0.05, 0) is 44.2 Å². The molecule has 1 aromatic heterocycles. The number of methoxy groups -OCH3 is 1. The lowest BCUT2D eigenvalue weighted by molar-refractivity contribution is -0.142. The van der Waals surface area contributed by atoms with Gasteiger partial charge < -0.3 is 9.47 Å². The third-order valence-electron chi connectivity index (χ3n) is 4.11. The van der Waals surface area contributed by atoms with Gasteiger partial charge in [-0.1, -0.05) is 30.3 Å². The lowest BCUT2D eigenvalue weighted by Crippen LogP contribution is -2.12. The van der Waals surface area contributed by atoms with Crippen molar-refractivity contribution in [3.63, 3.8) is 0 Å². The van der Waals surface area contributed by atoms with Crippen LogP contribution in [0.1, 0.15) is 19.4 Å². The highest BCUT2D eigenvalue weighted by Crippen LogP contribution is 2.32. The summed E-state index contributed by atoms with van der Waals surface area (Å²) in [5.74, 6) is -0.0235. The number of rotatable bonds is 6. The van der Waals surface area contributed by atoms with Crippen LogP contribution in [0.5, 0.6) is 5.75 Å². The summed E-state index contributed by atoms with van der Waals surface area (Å²) in [6.07, 6.45) is 2.95. The minimum atomic E-state index is -0.666. The lowest BCUT2D eigenvalue weighted by atomic mass is 10.1. The molecule has 0 aliphatic carbocycles. The van der Waals surface area contributed by atoms with E-state index in [0.29, 0.717) is 17.0 Å². The quantitative estimate of drug-likeness (QED) is 0.356. The third kappa shape index (κ3) is 4.53. The van der Waals surface area contributed by atoms with Crippen molar-refractivity contribution in [3.05, 3.63) is 71.9 Å². The molecule has 0 unspecified atom stereocenters. The highest BCUT2D eigenvalue weighted by atomic mass is 16.5. The number of hydrogen-bond acceptors (Lipinski definition) is 5. The zero-order valence-electron chi connectivity index (χ0n) is 16.5. The first-order valence-electron chi connectivity index (χ1n) is 9.14. The van der Waals surface area contributed by atoms with E-state index in [1.165, 1.54) is 6.08 Å². The van der Waals surface area contributed by atoms with Gasteiger partial charge in [-0.2, -0.15) is 10.4 Å². The summed E-state index contributed by atoms with van der Waals surface area (Å²) in [4.78, 5) is 12.3. The molecule has 0 amide bonds. The maximum Gasteiger partial charge on any atom is 0.349 e. The number of para-hydroxylation sites is 2. The van der Waals surface area contributed by atoms with Gasteiger partial charge in [-0.15, -0.1) is 0 Å². The summed E-state index contributed by atoms with van der Waals surface area (Å²) >= 11 is 0. The standard InChI is InChI=1S/C23H21N3O3/c1-16(2)29-23(27)17(14-24)13-18-15-26(19-9-5-4-6-10-19)25-22(18)20-11-7-8-12-21(20)28-3/h4-13,15-16H,1-3H3/b17-13+. The van der Waals surface area contributed by atoms with Crippen LogP contribution < -0.4 is 4.74 Å². The predicted octanol–water partition coefficient (Wildman–Crippen LogP) is 4.41. The van der Waals surface area contributed by atoms with Crippen molar-refractivity contribution < 1.29 is 14.3 Å². The Kier molecular flexibility index (Phi) is 6.10. The van der Waals surface area contributed by atoms with Crippen molar-refractivity contribution >= 4 is 12.0 Å². The Labute approximate surface area is 169 Å². The van der Waals surface area contributed by atoms with Gasteiger partial charge in [0, 0.05) is 17.3 Å². The largest absolute Gasteiger partial charge is 0.496 e. The van der Waals surface area contributed by atoms with Gasteiger partial charge in [0.25, 0.3) is 0 Å². The molecule has 0 aliphatic heterocycles. The van der Waals surface area contributed by atoms with Crippen LogP contribution >= 0.6 is 0 Å². The maximum absolute atomic E-state index is 12.3. The van der Waals surface area contributed by atoms with Crippen LogP contribution in [0.2, 0.25) is 0 Å². The molecule has 3 rings (SSSR count). The fourth-order valence-corrected chi connectivity index (χ4v) is 2.83. The fraction of sp³-hybridized carbons (Fsp3) is 0.174. The zero-order valence-corrected chi connectivity index (χ0v) is 16.5. The zero-order chi connectivity index (χ0) is 20.8. The highest BCUT2D eigenvalue weighted by molar-refractivity contribution is 5.99. The van der Waals surface area contributed by atoms with E-state index >= 15 is 0 Å². The summed E-state index contributed by atoms with van der Waals surface area (Å²) in [6, 6.07) is 19.0. The lowest BCUT2D eigenvalue weighted by Gasteiger charge is -2.08. The number of benzene rings is 2. The Morgan fingerprint density at radius 1 is 1.14 bits per heavy atom. The van der Waals surface area contributed by atoms with Crippen molar-refractivity contribution in [3.8, 4) is 28.8 Å². The molecule has 0 bridgehead atoms. The predicted molar refractivity (Wildman–Crippen MR) is 110 cm³/mol. The van der Waals surface area contributed by atoms with Crippen molar-refractivity contribution in [2.75, 3.05) is 7.11 Å². The number of nitriles is 1. The van der Waals surface area contributed by atoms with Crippen molar-refractivity contribution in [1.29, 1.82) is 5.26 Å². The highest BCUT2D eigenvalue weighted by Gasteiger charge is 2.18. The van der Waals surface area contributed by atoms with E-state index in [2.05, 4.69) is 0 Å². The molecule has 29 heavy (non-hydrogen) atoms. The topological polar surface area (TPSA) is 77.1 Å². The Morgan fingerprint density at radius 2 is 1.83 bits per heavy atom. The van der Waals surface area contributed by atoms with Gasteiger partial charge in [-0.25, -0.2) is 9.48 Å². The van der Waals surface area contributed by atoms with E-state index in [1.807, 2.05) is 60.7 Å². The maximum atomic E-state index is 12.3. The monoisotopic (exact) mass is 387 g/mol. The van der Waals surface area contributed by atoms with Gasteiger partial charge in [0.2, 0.25) is 0 Å². The van der Waals surface area contributed by atoms with E-state index in [0.717, 1.165) is 11.3 Å². The third-order valence-corrected chi connectivity index (χ3v) is 4.11. The number of carbonyl (C=O) groups is 1. The second-order valence-corrected chi connectivity index (χ2v) is 6.54. The van der Waals surface area contributed by atoms with Gasteiger partial charge in [0.1, 0.15) is 23.1 Å². The second-order valence-electron chi connectivity index (χ2n) is 6.54. The minimum absolute atomic E-state index is 0.0949. The summed E-state index contributed by atoms with van der Waals surface area (Å²) < 4.78 is 12.4. The molecule has 0 saturated heterocycles. The fourth-order valence-electron chi connectivity index (χ4n) is 2.83. The van der Waals surface area contributed by atoms with Crippen molar-refractivity contribution in [1.82, 2.24) is 9.78 Å². The first-order chi connectivity index (χ1) is 14.0. The molecule has 0 aliphatic rings. The van der Waals surface area contributed by atoms with Gasteiger partial charge in [0.05, 0.1) is 18.9 Å². The molecule has 0 saturated carbocycles. The Balaban J connectivity index is 2.17. The molecule has 1 heterocycles. The normalized spacial score (nSPS) is 11.2. The van der Waals surface area contributed by atoms with Crippen molar-refractivity contribution in [2.45, 2.75) is 20.0 Å². The summed E-state index contributed by atoms with van der Waals surface area (Å²) in [5.41, 5.74) is 2.71.